The average molecular weight is 275 g/mol. The average Bonchev–Trinajstić information content (AvgIpc) is 2.56. The van der Waals surface area contributed by atoms with Crippen molar-refractivity contribution in [3.63, 3.8) is 0 Å². The summed E-state index contributed by atoms with van der Waals surface area (Å²) in [6.45, 7) is 6.93. The molecular weight excluding hydrogens is 250 g/mol. The third-order valence-corrected chi connectivity index (χ3v) is 4.52. The predicted molar refractivity (Wildman–Crippen MR) is 82.7 cm³/mol. The van der Waals surface area contributed by atoms with Crippen LogP contribution >= 0.6 is 0 Å². The van der Waals surface area contributed by atoms with Crippen molar-refractivity contribution >= 4 is 5.69 Å². The van der Waals surface area contributed by atoms with Crippen LogP contribution in [0.2, 0.25) is 0 Å². The van der Waals surface area contributed by atoms with E-state index in [0.29, 0.717) is 0 Å². The lowest BCUT2D eigenvalue weighted by Crippen LogP contribution is -2.54. The molecule has 2 aliphatic heterocycles. The van der Waals surface area contributed by atoms with E-state index in [0.717, 1.165) is 24.9 Å². The molecule has 1 unspecified atom stereocenters. The van der Waals surface area contributed by atoms with Crippen molar-refractivity contribution in [1.82, 2.24) is 10.2 Å². The first-order valence-electron chi connectivity index (χ1n) is 7.70. The fourth-order valence-corrected chi connectivity index (χ4v) is 3.30. The number of hydrogen-bond acceptors (Lipinski definition) is 4. The number of rotatable bonds is 3. The van der Waals surface area contributed by atoms with Crippen LogP contribution in [0.5, 0.6) is 5.75 Å². The Morgan fingerprint density at radius 1 is 1.20 bits per heavy atom. The van der Waals surface area contributed by atoms with Crippen LogP contribution in [-0.4, -0.2) is 57.3 Å². The summed E-state index contributed by atoms with van der Waals surface area (Å²) in [6.07, 6.45) is 2.67. The first kappa shape index (κ1) is 13.7. The molecule has 0 radical (unpaired) electrons. The zero-order chi connectivity index (χ0) is 13.8. The highest BCUT2D eigenvalue weighted by atomic mass is 16.5. The summed E-state index contributed by atoms with van der Waals surface area (Å²) in [5, 5.41) is 3.52. The third-order valence-electron chi connectivity index (χ3n) is 4.52. The first-order valence-corrected chi connectivity index (χ1v) is 7.70. The Morgan fingerprint density at radius 3 is 2.75 bits per heavy atom. The minimum Gasteiger partial charge on any atom is -0.497 e. The van der Waals surface area contributed by atoms with E-state index in [1.54, 1.807) is 7.11 Å². The number of piperidine rings is 1. The minimum atomic E-state index is 0.746. The van der Waals surface area contributed by atoms with Crippen molar-refractivity contribution in [3.05, 3.63) is 24.3 Å². The molecule has 2 saturated heterocycles. The highest BCUT2D eigenvalue weighted by molar-refractivity contribution is 5.51. The van der Waals surface area contributed by atoms with Crippen molar-refractivity contribution in [2.24, 2.45) is 0 Å². The van der Waals surface area contributed by atoms with Gasteiger partial charge in [-0.05, 0) is 31.5 Å². The topological polar surface area (TPSA) is 27.7 Å². The fraction of sp³-hybridized carbons (Fsp3) is 0.625. The van der Waals surface area contributed by atoms with Crippen molar-refractivity contribution in [1.29, 1.82) is 0 Å². The van der Waals surface area contributed by atoms with Crippen LogP contribution in [0.4, 0.5) is 5.69 Å². The van der Waals surface area contributed by atoms with Crippen molar-refractivity contribution in [2.45, 2.75) is 18.9 Å². The Hall–Kier alpha value is -1.26. The van der Waals surface area contributed by atoms with E-state index < -0.39 is 0 Å². The Labute approximate surface area is 121 Å². The summed E-state index contributed by atoms with van der Waals surface area (Å²) in [7, 11) is 1.73. The van der Waals surface area contributed by atoms with Gasteiger partial charge in [0.2, 0.25) is 0 Å². The van der Waals surface area contributed by atoms with Crippen LogP contribution in [-0.2, 0) is 0 Å². The monoisotopic (exact) mass is 275 g/mol. The van der Waals surface area contributed by atoms with Gasteiger partial charge in [0.05, 0.1) is 7.11 Å². The normalized spacial score (nSPS) is 24.6. The smallest absolute Gasteiger partial charge is 0.120 e. The molecule has 2 aliphatic rings. The maximum atomic E-state index is 5.32. The lowest BCUT2D eigenvalue weighted by molar-refractivity contribution is 0.157. The molecule has 20 heavy (non-hydrogen) atoms. The maximum Gasteiger partial charge on any atom is 0.120 e. The van der Waals surface area contributed by atoms with Gasteiger partial charge in [-0.1, -0.05) is 6.07 Å². The molecule has 4 nitrogen and oxygen atoms in total. The summed E-state index contributed by atoms with van der Waals surface area (Å²) in [5.74, 6) is 0.946. The van der Waals surface area contributed by atoms with Crippen LogP contribution in [0.25, 0.3) is 0 Å². The maximum absolute atomic E-state index is 5.32. The van der Waals surface area contributed by atoms with E-state index in [9.17, 15) is 0 Å². The van der Waals surface area contributed by atoms with Crippen molar-refractivity contribution < 1.29 is 4.74 Å². The molecule has 1 aromatic carbocycles. The van der Waals surface area contributed by atoms with Gasteiger partial charge in [0.15, 0.2) is 0 Å². The molecule has 2 heterocycles. The molecule has 110 valence electrons. The predicted octanol–water partition coefficient (Wildman–Crippen LogP) is 1.57. The van der Waals surface area contributed by atoms with Crippen LogP contribution in [0, 0.1) is 0 Å². The van der Waals surface area contributed by atoms with E-state index in [-0.39, 0.29) is 0 Å². The molecule has 0 aliphatic carbocycles. The molecule has 0 spiro atoms. The van der Waals surface area contributed by atoms with E-state index in [2.05, 4.69) is 33.3 Å². The Morgan fingerprint density at radius 2 is 2.05 bits per heavy atom. The molecule has 0 amide bonds. The number of methoxy groups -OCH3 is 1. The summed E-state index contributed by atoms with van der Waals surface area (Å²) in [6, 6.07) is 9.15. The molecule has 1 atom stereocenters. The van der Waals surface area contributed by atoms with Crippen LogP contribution in [0.1, 0.15) is 12.8 Å². The summed E-state index contributed by atoms with van der Waals surface area (Å²) in [5.41, 5.74) is 1.28. The zero-order valence-corrected chi connectivity index (χ0v) is 12.3. The summed E-state index contributed by atoms with van der Waals surface area (Å²) in [4.78, 5) is 5.12. The van der Waals surface area contributed by atoms with Gasteiger partial charge in [-0.25, -0.2) is 0 Å². The van der Waals surface area contributed by atoms with Gasteiger partial charge in [-0.3, -0.25) is 4.90 Å². The molecule has 4 heteroatoms. The molecule has 1 N–H and O–H groups in total. The molecular formula is C16H25N3O. The number of anilines is 1. The number of nitrogens with zero attached hydrogens (tertiary/aromatic N) is 2. The van der Waals surface area contributed by atoms with Crippen molar-refractivity contribution in [3.8, 4) is 5.75 Å². The number of benzene rings is 1. The van der Waals surface area contributed by atoms with E-state index >= 15 is 0 Å². The van der Waals surface area contributed by atoms with Gasteiger partial charge >= 0.3 is 0 Å². The largest absolute Gasteiger partial charge is 0.497 e. The molecule has 2 fully saturated rings. The molecule has 0 bridgehead atoms. The number of hydrogen-bond donors (Lipinski definition) is 1. The molecule has 0 aromatic heterocycles. The standard InChI is InChI=1S/C16H25N3O/c1-20-16-6-2-4-14(12-16)18-8-10-19(11-9-18)15-5-3-7-17-13-15/h2,4,6,12,15,17H,3,5,7-11,13H2,1H3. The minimum absolute atomic E-state index is 0.746. The second-order valence-electron chi connectivity index (χ2n) is 5.72. The third kappa shape index (κ3) is 3.07. The van der Waals surface area contributed by atoms with E-state index in [4.69, 9.17) is 4.74 Å². The van der Waals surface area contributed by atoms with Crippen LogP contribution < -0.4 is 15.0 Å². The second kappa shape index (κ2) is 6.46. The number of nitrogens with one attached hydrogen (secondary N) is 1. The highest BCUT2D eigenvalue weighted by Crippen LogP contribution is 2.23. The van der Waals surface area contributed by atoms with Gasteiger partial charge in [-0.15, -0.1) is 0 Å². The number of piperazine rings is 1. The van der Waals surface area contributed by atoms with E-state index in [1.807, 2.05) is 6.07 Å². The van der Waals surface area contributed by atoms with E-state index in [1.165, 1.54) is 44.7 Å². The lowest BCUT2D eigenvalue weighted by atomic mass is 10.0. The Balaban J connectivity index is 1.57. The van der Waals surface area contributed by atoms with Crippen LogP contribution in [0.3, 0.4) is 0 Å². The molecule has 0 saturated carbocycles. The zero-order valence-electron chi connectivity index (χ0n) is 12.3. The second-order valence-corrected chi connectivity index (χ2v) is 5.72. The lowest BCUT2D eigenvalue weighted by Gasteiger charge is -2.41. The van der Waals surface area contributed by atoms with Gasteiger partial charge in [-0.2, -0.15) is 0 Å². The van der Waals surface area contributed by atoms with Gasteiger partial charge < -0.3 is 15.0 Å². The first-order chi connectivity index (χ1) is 9.86. The van der Waals surface area contributed by atoms with Crippen molar-refractivity contribution in [2.75, 3.05) is 51.3 Å². The summed E-state index contributed by atoms with van der Waals surface area (Å²) < 4.78 is 5.32. The van der Waals surface area contributed by atoms with Crippen LogP contribution in [0.15, 0.2) is 24.3 Å². The van der Waals surface area contributed by atoms with Gasteiger partial charge in [0.25, 0.3) is 0 Å². The summed E-state index contributed by atoms with van der Waals surface area (Å²) >= 11 is 0. The Bertz CT molecular complexity index is 423. The fourth-order valence-electron chi connectivity index (χ4n) is 3.30. The SMILES string of the molecule is COc1cccc(N2CCN(C3CCCNC3)CC2)c1. The van der Waals surface area contributed by atoms with Gasteiger partial charge in [0.1, 0.15) is 5.75 Å². The molecule has 1 aromatic rings. The Kier molecular flexibility index (Phi) is 4.43. The number of ether oxygens (including phenoxy) is 1. The highest BCUT2D eigenvalue weighted by Gasteiger charge is 2.25. The molecule has 3 rings (SSSR count). The quantitative estimate of drug-likeness (QED) is 0.906. The van der Waals surface area contributed by atoms with Gasteiger partial charge in [0, 0.05) is 50.5 Å².